The minimum atomic E-state index is -1.17. The third kappa shape index (κ3) is 3.63. The number of methoxy groups -OCH3 is 1. The highest BCUT2D eigenvalue weighted by Crippen LogP contribution is 2.55. The summed E-state index contributed by atoms with van der Waals surface area (Å²) in [4.78, 5) is 24.2. The zero-order valence-corrected chi connectivity index (χ0v) is 15.0. The van der Waals surface area contributed by atoms with Crippen LogP contribution in [0.25, 0.3) is 0 Å². The van der Waals surface area contributed by atoms with E-state index in [-0.39, 0.29) is 23.9 Å². The standard InChI is InChI=1S/C19H19N2O7/c1-27-18(23)19(10-16(19)17(22)20-24)13-5-3-7-15(9-13)28-11-12-4-2-6-14(8-12)21(25)26/h2-9,16,24-25H,10-11H2,1H3,(H,20,22)/q-1/t16-,19-/m1/s1. The number of carbonyl (C=O) groups excluding carboxylic acids is 2. The summed E-state index contributed by atoms with van der Waals surface area (Å²) in [6, 6.07) is 13.0. The maximum atomic E-state index is 12.3. The molecule has 3 N–H and O–H groups in total. The highest BCUT2D eigenvalue weighted by Gasteiger charge is 2.65. The molecule has 3 rings (SSSR count). The summed E-state index contributed by atoms with van der Waals surface area (Å²) >= 11 is 0. The van der Waals surface area contributed by atoms with Gasteiger partial charge in [-0.3, -0.25) is 20.0 Å². The van der Waals surface area contributed by atoms with E-state index in [0.717, 1.165) is 0 Å². The molecule has 9 heteroatoms. The molecule has 1 aliphatic carbocycles. The third-order valence-corrected chi connectivity index (χ3v) is 4.82. The molecule has 2 aromatic rings. The van der Waals surface area contributed by atoms with Crippen LogP contribution in [-0.2, 0) is 26.3 Å². The van der Waals surface area contributed by atoms with Crippen LogP contribution in [0.2, 0.25) is 0 Å². The van der Waals surface area contributed by atoms with Gasteiger partial charge in [-0.05, 0) is 41.8 Å². The van der Waals surface area contributed by atoms with E-state index in [0.29, 0.717) is 16.9 Å². The molecule has 1 saturated carbocycles. The molecular weight excluding hydrogens is 368 g/mol. The molecule has 1 fully saturated rings. The summed E-state index contributed by atoms with van der Waals surface area (Å²) in [5.41, 5.74) is 1.69. The maximum absolute atomic E-state index is 12.3. The van der Waals surface area contributed by atoms with Crippen LogP contribution in [0.3, 0.4) is 0 Å². The topological polar surface area (TPSA) is 131 Å². The molecule has 0 heterocycles. The van der Waals surface area contributed by atoms with E-state index in [2.05, 4.69) is 0 Å². The molecule has 0 spiro atoms. The lowest BCUT2D eigenvalue weighted by molar-refractivity contribution is -0.146. The van der Waals surface area contributed by atoms with Crippen molar-refractivity contribution in [3.63, 3.8) is 0 Å². The lowest BCUT2D eigenvalue weighted by Crippen LogP contribution is -2.31. The Morgan fingerprint density at radius 2 is 2.04 bits per heavy atom. The summed E-state index contributed by atoms with van der Waals surface area (Å²) in [5.74, 6) is -1.50. The number of hydrogen-bond acceptors (Lipinski definition) is 8. The first-order chi connectivity index (χ1) is 13.4. The highest BCUT2D eigenvalue weighted by molar-refractivity contribution is 5.97. The highest BCUT2D eigenvalue weighted by atomic mass is 16.8. The van der Waals surface area contributed by atoms with E-state index in [1.807, 2.05) is 0 Å². The SMILES string of the molecule is COC(=O)[C@@]1(c2cccc(OCc3cccc(N([O-])O)c3)c2)C[C@@H]1C(=O)NO. The van der Waals surface area contributed by atoms with Crippen molar-refractivity contribution in [3.05, 3.63) is 64.9 Å². The van der Waals surface area contributed by atoms with E-state index < -0.39 is 23.2 Å². The third-order valence-electron chi connectivity index (χ3n) is 4.82. The van der Waals surface area contributed by atoms with Crippen LogP contribution in [0.1, 0.15) is 17.5 Å². The van der Waals surface area contributed by atoms with E-state index in [9.17, 15) is 14.8 Å². The number of amides is 1. The fraction of sp³-hybridized carbons (Fsp3) is 0.263. The number of benzene rings is 2. The van der Waals surface area contributed by atoms with Gasteiger partial charge in [0.2, 0.25) is 5.91 Å². The van der Waals surface area contributed by atoms with Crippen LogP contribution >= 0.6 is 0 Å². The lowest BCUT2D eigenvalue weighted by atomic mass is 9.92. The van der Waals surface area contributed by atoms with Crippen LogP contribution in [0.4, 0.5) is 5.69 Å². The molecule has 148 valence electrons. The van der Waals surface area contributed by atoms with Gasteiger partial charge in [0, 0.05) is 0 Å². The second-order valence-electron chi connectivity index (χ2n) is 6.46. The second-order valence-corrected chi connectivity index (χ2v) is 6.46. The summed E-state index contributed by atoms with van der Waals surface area (Å²) < 4.78 is 10.6. The number of ether oxygens (including phenoxy) is 2. The van der Waals surface area contributed by atoms with Gasteiger partial charge in [-0.2, -0.15) is 0 Å². The molecule has 1 aliphatic rings. The van der Waals surface area contributed by atoms with Crippen molar-refractivity contribution < 1.29 is 29.5 Å². The zero-order chi connectivity index (χ0) is 20.3. The van der Waals surface area contributed by atoms with Crippen LogP contribution in [0.15, 0.2) is 48.5 Å². The first kappa shape index (κ1) is 19.6. The molecular formula is C19H19N2O7-. The normalized spacial score (nSPS) is 20.2. The van der Waals surface area contributed by atoms with Gasteiger partial charge in [0.25, 0.3) is 0 Å². The van der Waals surface area contributed by atoms with Crippen molar-refractivity contribution >= 4 is 17.6 Å². The molecule has 9 nitrogen and oxygen atoms in total. The summed E-state index contributed by atoms with van der Waals surface area (Å²) in [6.07, 6.45) is 0.216. The van der Waals surface area contributed by atoms with Crippen molar-refractivity contribution in [2.24, 2.45) is 5.92 Å². The van der Waals surface area contributed by atoms with Gasteiger partial charge in [-0.25, -0.2) is 5.48 Å². The Hall–Kier alpha value is -3.14. The lowest BCUT2D eigenvalue weighted by Gasteiger charge is -2.22. The quantitative estimate of drug-likeness (QED) is 0.373. The van der Waals surface area contributed by atoms with Gasteiger partial charge < -0.3 is 19.9 Å². The zero-order valence-electron chi connectivity index (χ0n) is 15.0. The molecule has 0 bridgehead atoms. The van der Waals surface area contributed by atoms with Gasteiger partial charge in [-0.15, -0.1) is 0 Å². The summed E-state index contributed by atoms with van der Waals surface area (Å²) in [6.45, 7) is 0.122. The smallest absolute Gasteiger partial charge is 0.317 e. The molecule has 0 aromatic heterocycles. The van der Waals surface area contributed by atoms with Crippen molar-refractivity contribution in [2.75, 3.05) is 12.3 Å². The first-order valence-electron chi connectivity index (χ1n) is 8.43. The number of nitrogens with one attached hydrogen (secondary N) is 1. The van der Waals surface area contributed by atoms with Crippen molar-refractivity contribution in [1.82, 2.24) is 5.48 Å². The van der Waals surface area contributed by atoms with Crippen LogP contribution in [0, 0.1) is 11.1 Å². The number of nitrogens with zero attached hydrogens (tertiary/aromatic N) is 1. The van der Waals surface area contributed by atoms with Gasteiger partial charge in [-0.1, -0.05) is 24.3 Å². The number of anilines is 1. The Balaban J connectivity index is 1.79. The Kier molecular flexibility index (Phi) is 5.50. The van der Waals surface area contributed by atoms with E-state index in [4.69, 9.17) is 19.9 Å². The fourth-order valence-electron chi connectivity index (χ4n) is 3.30. The summed E-state index contributed by atoms with van der Waals surface area (Å²) in [5, 5.41) is 28.6. The molecule has 0 radical (unpaired) electrons. The molecule has 1 amide bonds. The monoisotopic (exact) mass is 387 g/mol. The Morgan fingerprint density at radius 1 is 1.29 bits per heavy atom. The number of rotatable bonds is 7. The van der Waals surface area contributed by atoms with Crippen LogP contribution in [0.5, 0.6) is 5.75 Å². The van der Waals surface area contributed by atoms with Crippen molar-refractivity contribution in [1.29, 1.82) is 0 Å². The van der Waals surface area contributed by atoms with Gasteiger partial charge in [0.05, 0.1) is 18.7 Å². The minimum absolute atomic E-state index is 0.0790. The number of hydrogen-bond donors (Lipinski definition) is 3. The molecule has 0 aliphatic heterocycles. The minimum Gasteiger partial charge on any atom is -0.733 e. The average molecular weight is 387 g/mol. The number of hydroxylamine groups is 1. The number of carbonyl (C=O) groups is 2. The van der Waals surface area contributed by atoms with Gasteiger partial charge >= 0.3 is 5.97 Å². The van der Waals surface area contributed by atoms with E-state index in [1.54, 1.807) is 41.9 Å². The largest absolute Gasteiger partial charge is 0.733 e. The van der Waals surface area contributed by atoms with E-state index >= 15 is 0 Å². The van der Waals surface area contributed by atoms with Gasteiger partial charge in [0.15, 0.2) is 0 Å². The second kappa shape index (κ2) is 7.85. The van der Waals surface area contributed by atoms with Crippen LogP contribution < -0.4 is 15.4 Å². The first-order valence-corrected chi connectivity index (χ1v) is 8.43. The van der Waals surface area contributed by atoms with E-state index in [1.165, 1.54) is 19.2 Å². The predicted octanol–water partition coefficient (Wildman–Crippen LogP) is 1.90. The fourth-order valence-corrected chi connectivity index (χ4v) is 3.30. The maximum Gasteiger partial charge on any atom is 0.317 e. The predicted molar refractivity (Wildman–Crippen MR) is 96.6 cm³/mol. The summed E-state index contributed by atoms with van der Waals surface area (Å²) in [7, 11) is 1.24. The molecule has 0 saturated heterocycles. The van der Waals surface area contributed by atoms with Crippen molar-refractivity contribution in [2.45, 2.75) is 18.4 Å². The van der Waals surface area contributed by atoms with Crippen LogP contribution in [-0.4, -0.2) is 29.4 Å². The molecule has 28 heavy (non-hydrogen) atoms. The van der Waals surface area contributed by atoms with Crippen molar-refractivity contribution in [3.8, 4) is 5.75 Å². The Bertz CT molecular complexity index is 886. The molecule has 2 atom stereocenters. The average Bonchev–Trinajstić information content (AvgIpc) is 3.48. The molecule has 0 unspecified atom stereocenters. The number of esters is 1. The van der Waals surface area contributed by atoms with Gasteiger partial charge in [0.1, 0.15) is 17.8 Å². The Labute approximate surface area is 160 Å². The molecule has 2 aromatic carbocycles. The Morgan fingerprint density at radius 3 is 2.71 bits per heavy atom.